The summed E-state index contributed by atoms with van der Waals surface area (Å²) in [5.41, 5.74) is -0.0150. The molecular formula is C24H27N3O4. The Labute approximate surface area is 180 Å². The highest BCUT2D eigenvalue weighted by Crippen LogP contribution is 2.18. The SMILES string of the molecule is CC[C@H](C(=O)NCC(C)C)n1c(=O)n(-c2cccc(C(C)=O)c2)c(=O)c2ccccc21. The van der Waals surface area contributed by atoms with Crippen LogP contribution in [0, 0.1) is 5.92 Å². The van der Waals surface area contributed by atoms with Crippen molar-refractivity contribution < 1.29 is 9.59 Å². The van der Waals surface area contributed by atoms with Gasteiger partial charge in [-0.3, -0.25) is 19.0 Å². The van der Waals surface area contributed by atoms with Crippen LogP contribution >= 0.6 is 0 Å². The molecule has 3 aromatic rings. The molecule has 7 heteroatoms. The number of hydrogen-bond donors (Lipinski definition) is 1. The second-order valence-corrected chi connectivity index (χ2v) is 7.98. The molecule has 0 aliphatic heterocycles. The van der Waals surface area contributed by atoms with E-state index in [2.05, 4.69) is 5.32 Å². The number of aromatic nitrogens is 2. The van der Waals surface area contributed by atoms with Crippen LogP contribution in [0.15, 0.2) is 58.1 Å². The minimum atomic E-state index is -0.779. The van der Waals surface area contributed by atoms with Crippen LogP contribution in [0.2, 0.25) is 0 Å². The Morgan fingerprint density at radius 1 is 1.03 bits per heavy atom. The van der Waals surface area contributed by atoms with E-state index < -0.39 is 17.3 Å². The Kier molecular flexibility index (Phi) is 6.53. The summed E-state index contributed by atoms with van der Waals surface area (Å²) in [5.74, 6) is -0.181. The third-order valence-electron chi connectivity index (χ3n) is 5.19. The predicted octanol–water partition coefficient (Wildman–Crippen LogP) is 3.08. The van der Waals surface area contributed by atoms with Crippen LogP contribution in [0.4, 0.5) is 0 Å². The summed E-state index contributed by atoms with van der Waals surface area (Å²) in [6, 6.07) is 12.4. The number of carbonyl (C=O) groups is 2. The van der Waals surface area contributed by atoms with E-state index in [1.54, 1.807) is 42.5 Å². The van der Waals surface area contributed by atoms with Gasteiger partial charge in [0, 0.05) is 12.1 Å². The molecule has 162 valence electrons. The number of para-hydroxylation sites is 1. The molecule has 31 heavy (non-hydrogen) atoms. The van der Waals surface area contributed by atoms with Gasteiger partial charge in [-0.1, -0.05) is 45.0 Å². The maximum absolute atomic E-state index is 13.6. The molecule has 3 rings (SSSR count). The number of rotatable bonds is 7. The Morgan fingerprint density at radius 3 is 2.39 bits per heavy atom. The Balaban J connectivity index is 2.31. The summed E-state index contributed by atoms with van der Waals surface area (Å²) in [7, 11) is 0. The molecule has 0 saturated carbocycles. The minimum absolute atomic E-state index is 0.171. The molecule has 1 amide bonds. The third-order valence-corrected chi connectivity index (χ3v) is 5.19. The van der Waals surface area contributed by atoms with E-state index in [1.807, 2.05) is 20.8 Å². The van der Waals surface area contributed by atoms with Gasteiger partial charge in [0.15, 0.2) is 5.78 Å². The van der Waals surface area contributed by atoms with Crippen LogP contribution in [-0.2, 0) is 4.79 Å². The zero-order valence-corrected chi connectivity index (χ0v) is 18.2. The highest BCUT2D eigenvalue weighted by Gasteiger charge is 2.25. The lowest BCUT2D eigenvalue weighted by atomic mass is 10.1. The largest absolute Gasteiger partial charge is 0.354 e. The van der Waals surface area contributed by atoms with Gasteiger partial charge in [-0.15, -0.1) is 0 Å². The Morgan fingerprint density at radius 2 is 1.74 bits per heavy atom. The van der Waals surface area contributed by atoms with Crippen LogP contribution in [-0.4, -0.2) is 27.4 Å². The number of benzene rings is 2. The second-order valence-electron chi connectivity index (χ2n) is 7.98. The van der Waals surface area contributed by atoms with Crippen LogP contribution < -0.4 is 16.6 Å². The summed E-state index contributed by atoms with van der Waals surface area (Å²) in [6.07, 6.45) is 0.375. The highest BCUT2D eigenvalue weighted by atomic mass is 16.2. The molecule has 2 aromatic carbocycles. The van der Waals surface area contributed by atoms with Gasteiger partial charge in [-0.05, 0) is 43.5 Å². The molecule has 1 aromatic heterocycles. The van der Waals surface area contributed by atoms with Gasteiger partial charge >= 0.3 is 5.69 Å². The van der Waals surface area contributed by atoms with Crippen molar-refractivity contribution >= 4 is 22.6 Å². The number of carbonyl (C=O) groups excluding carboxylic acids is 2. The predicted molar refractivity (Wildman–Crippen MR) is 121 cm³/mol. The fourth-order valence-electron chi connectivity index (χ4n) is 3.58. The molecule has 0 saturated heterocycles. The smallest absolute Gasteiger partial charge is 0.336 e. The number of ketones is 1. The van der Waals surface area contributed by atoms with E-state index in [0.29, 0.717) is 35.1 Å². The minimum Gasteiger partial charge on any atom is -0.354 e. The van der Waals surface area contributed by atoms with Gasteiger partial charge in [0.2, 0.25) is 5.91 Å². The summed E-state index contributed by atoms with van der Waals surface area (Å²) in [5, 5.41) is 3.22. The first-order valence-corrected chi connectivity index (χ1v) is 10.4. The molecule has 0 bridgehead atoms. The van der Waals surface area contributed by atoms with Gasteiger partial charge in [-0.25, -0.2) is 9.36 Å². The van der Waals surface area contributed by atoms with E-state index in [9.17, 15) is 19.2 Å². The number of hydrogen-bond acceptors (Lipinski definition) is 4. The number of Topliss-reactive ketones (excluding diaryl/α,β-unsaturated/α-hetero) is 1. The van der Waals surface area contributed by atoms with E-state index in [-0.39, 0.29) is 17.6 Å². The monoisotopic (exact) mass is 421 g/mol. The van der Waals surface area contributed by atoms with Gasteiger partial charge < -0.3 is 5.32 Å². The summed E-state index contributed by atoms with van der Waals surface area (Å²) in [6.45, 7) is 7.72. The molecule has 0 spiro atoms. The first-order valence-electron chi connectivity index (χ1n) is 10.4. The lowest BCUT2D eigenvalue weighted by Gasteiger charge is -2.22. The standard InChI is InChI=1S/C24H27N3O4/c1-5-20(22(29)25-14-15(2)3)27-21-12-7-6-11-19(21)23(30)26(24(27)31)18-10-8-9-17(13-18)16(4)28/h6-13,15,20H,5,14H2,1-4H3,(H,25,29)/t20-/m1/s1. The van der Waals surface area contributed by atoms with Crippen LogP contribution in [0.25, 0.3) is 16.6 Å². The molecule has 0 aliphatic carbocycles. The maximum Gasteiger partial charge on any atom is 0.336 e. The van der Waals surface area contributed by atoms with Crippen molar-refractivity contribution in [3.63, 3.8) is 0 Å². The first kappa shape index (κ1) is 22.2. The van der Waals surface area contributed by atoms with Crippen molar-refractivity contribution in [3.05, 3.63) is 74.9 Å². The molecule has 1 heterocycles. The zero-order chi connectivity index (χ0) is 22.7. The van der Waals surface area contributed by atoms with E-state index >= 15 is 0 Å². The normalized spacial score (nSPS) is 12.2. The number of nitrogens with zero attached hydrogens (tertiary/aromatic N) is 2. The van der Waals surface area contributed by atoms with Crippen LogP contribution in [0.1, 0.15) is 50.5 Å². The first-order chi connectivity index (χ1) is 14.8. The number of nitrogens with one attached hydrogen (secondary N) is 1. The van der Waals surface area contributed by atoms with E-state index in [0.717, 1.165) is 4.57 Å². The third kappa shape index (κ3) is 4.35. The second kappa shape index (κ2) is 9.12. The number of amides is 1. The van der Waals surface area contributed by atoms with Crippen molar-refractivity contribution in [2.45, 2.75) is 40.2 Å². The van der Waals surface area contributed by atoms with Gasteiger partial charge in [0.05, 0.1) is 16.6 Å². The number of fused-ring (bicyclic) bond motifs is 1. The Bertz CT molecular complexity index is 1250. The summed E-state index contributed by atoms with van der Waals surface area (Å²) < 4.78 is 2.42. The van der Waals surface area contributed by atoms with Crippen molar-refractivity contribution in [1.29, 1.82) is 0 Å². The van der Waals surface area contributed by atoms with Crippen LogP contribution in [0.5, 0.6) is 0 Å². The lowest BCUT2D eigenvalue weighted by molar-refractivity contribution is -0.124. The molecule has 1 N–H and O–H groups in total. The van der Waals surface area contributed by atoms with Gasteiger partial charge in [-0.2, -0.15) is 0 Å². The van der Waals surface area contributed by atoms with Gasteiger partial charge in [0.1, 0.15) is 6.04 Å². The quantitative estimate of drug-likeness (QED) is 0.594. The average Bonchev–Trinajstić information content (AvgIpc) is 2.75. The van der Waals surface area contributed by atoms with Crippen molar-refractivity contribution in [1.82, 2.24) is 14.5 Å². The Hall–Kier alpha value is -3.48. The summed E-state index contributed by atoms with van der Waals surface area (Å²) >= 11 is 0. The van der Waals surface area contributed by atoms with E-state index in [4.69, 9.17) is 0 Å². The zero-order valence-electron chi connectivity index (χ0n) is 18.2. The fourth-order valence-corrected chi connectivity index (χ4v) is 3.58. The summed E-state index contributed by atoms with van der Waals surface area (Å²) in [4.78, 5) is 51.6. The highest BCUT2D eigenvalue weighted by molar-refractivity contribution is 5.94. The fraction of sp³-hybridized carbons (Fsp3) is 0.333. The molecular weight excluding hydrogens is 394 g/mol. The lowest BCUT2D eigenvalue weighted by Crippen LogP contribution is -2.44. The van der Waals surface area contributed by atoms with Crippen LogP contribution in [0.3, 0.4) is 0 Å². The average molecular weight is 421 g/mol. The van der Waals surface area contributed by atoms with Gasteiger partial charge in [0.25, 0.3) is 5.56 Å². The van der Waals surface area contributed by atoms with E-state index in [1.165, 1.54) is 17.6 Å². The van der Waals surface area contributed by atoms with Crippen molar-refractivity contribution in [2.75, 3.05) is 6.54 Å². The molecule has 0 unspecified atom stereocenters. The molecule has 0 aliphatic rings. The maximum atomic E-state index is 13.6. The van der Waals surface area contributed by atoms with Crippen molar-refractivity contribution in [3.8, 4) is 5.69 Å². The molecule has 1 atom stereocenters. The topological polar surface area (TPSA) is 90.2 Å². The molecule has 7 nitrogen and oxygen atoms in total. The van der Waals surface area contributed by atoms with Crippen molar-refractivity contribution in [2.24, 2.45) is 5.92 Å². The molecule has 0 fully saturated rings. The molecule has 0 radical (unpaired) electrons.